The summed E-state index contributed by atoms with van der Waals surface area (Å²) in [6.45, 7) is 5.43. The smallest absolute Gasteiger partial charge is 0.322 e. The van der Waals surface area contributed by atoms with Crippen molar-refractivity contribution in [3.8, 4) is 17.5 Å². The molecule has 6 nitrogen and oxygen atoms in total. The first-order valence-corrected chi connectivity index (χ1v) is 8.59. The van der Waals surface area contributed by atoms with E-state index in [9.17, 15) is 4.79 Å². The van der Waals surface area contributed by atoms with Gasteiger partial charge in [0, 0.05) is 0 Å². The van der Waals surface area contributed by atoms with Gasteiger partial charge in [0.2, 0.25) is 0 Å². The molecule has 0 bridgehead atoms. The standard InChI is InChI=1S/C21H21N3O3/c1-14-9-7-8-12-18(14)26-13-19(25)24-20-15(2)22-21(23-16(20)3)27-17-10-5-4-6-11-17/h4-12H,13H2,1-3H3,(H,24,25). The molecule has 3 aromatic rings. The number of benzene rings is 2. The highest BCUT2D eigenvalue weighted by Crippen LogP contribution is 2.23. The van der Waals surface area contributed by atoms with Gasteiger partial charge in [0.1, 0.15) is 11.5 Å². The van der Waals surface area contributed by atoms with Crippen LogP contribution in [0.2, 0.25) is 0 Å². The van der Waals surface area contributed by atoms with Crippen LogP contribution in [0.1, 0.15) is 17.0 Å². The summed E-state index contributed by atoms with van der Waals surface area (Å²) in [6.07, 6.45) is 0. The fraction of sp³-hybridized carbons (Fsp3) is 0.190. The molecule has 0 unspecified atom stereocenters. The lowest BCUT2D eigenvalue weighted by Gasteiger charge is -2.13. The third-order valence-electron chi connectivity index (χ3n) is 3.92. The van der Waals surface area contributed by atoms with Gasteiger partial charge in [-0.3, -0.25) is 4.79 Å². The molecular formula is C21H21N3O3. The molecule has 0 aliphatic rings. The second kappa shape index (κ2) is 8.31. The number of amides is 1. The maximum Gasteiger partial charge on any atom is 0.322 e. The highest BCUT2D eigenvalue weighted by atomic mass is 16.5. The van der Waals surface area contributed by atoms with Gasteiger partial charge in [-0.1, -0.05) is 36.4 Å². The Labute approximate surface area is 158 Å². The predicted octanol–water partition coefficient (Wildman–Crippen LogP) is 4.21. The molecule has 1 aromatic heterocycles. The molecule has 0 atom stereocenters. The van der Waals surface area contributed by atoms with E-state index in [1.54, 1.807) is 13.8 Å². The minimum Gasteiger partial charge on any atom is -0.483 e. The first-order chi connectivity index (χ1) is 13.0. The van der Waals surface area contributed by atoms with E-state index in [0.717, 1.165) is 5.56 Å². The van der Waals surface area contributed by atoms with Gasteiger partial charge in [0.05, 0.1) is 17.1 Å². The molecule has 1 N–H and O–H groups in total. The van der Waals surface area contributed by atoms with E-state index < -0.39 is 0 Å². The first-order valence-electron chi connectivity index (χ1n) is 8.59. The maximum absolute atomic E-state index is 12.3. The van der Waals surface area contributed by atoms with Gasteiger partial charge >= 0.3 is 6.01 Å². The van der Waals surface area contributed by atoms with Crippen molar-refractivity contribution in [2.24, 2.45) is 0 Å². The lowest BCUT2D eigenvalue weighted by Crippen LogP contribution is -2.22. The predicted molar refractivity (Wildman–Crippen MR) is 103 cm³/mol. The van der Waals surface area contributed by atoms with Crippen molar-refractivity contribution >= 4 is 11.6 Å². The normalized spacial score (nSPS) is 10.3. The lowest BCUT2D eigenvalue weighted by atomic mass is 10.2. The maximum atomic E-state index is 12.3. The Balaban J connectivity index is 1.66. The van der Waals surface area contributed by atoms with Crippen LogP contribution in [-0.4, -0.2) is 22.5 Å². The Kier molecular flexibility index (Phi) is 5.66. The number of nitrogens with zero attached hydrogens (tertiary/aromatic N) is 2. The van der Waals surface area contributed by atoms with E-state index in [1.807, 2.05) is 61.5 Å². The Morgan fingerprint density at radius 2 is 1.56 bits per heavy atom. The van der Waals surface area contributed by atoms with E-state index >= 15 is 0 Å². The quantitative estimate of drug-likeness (QED) is 0.710. The number of aryl methyl sites for hydroxylation is 3. The van der Waals surface area contributed by atoms with Crippen LogP contribution in [-0.2, 0) is 4.79 Å². The van der Waals surface area contributed by atoms with Crippen molar-refractivity contribution in [1.82, 2.24) is 9.97 Å². The molecule has 1 amide bonds. The highest BCUT2D eigenvalue weighted by Gasteiger charge is 2.13. The molecule has 2 aromatic carbocycles. The Morgan fingerprint density at radius 1 is 0.926 bits per heavy atom. The first kappa shape index (κ1) is 18.4. The van der Waals surface area contributed by atoms with Gasteiger partial charge in [0.15, 0.2) is 6.61 Å². The van der Waals surface area contributed by atoms with Gasteiger partial charge in [-0.2, -0.15) is 9.97 Å². The number of hydrogen-bond donors (Lipinski definition) is 1. The van der Waals surface area contributed by atoms with Gasteiger partial charge in [0.25, 0.3) is 5.91 Å². The third kappa shape index (κ3) is 4.82. The zero-order valence-corrected chi connectivity index (χ0v) is 15.5. The second-order valence-electron chi connectivity index (χ2n) is 6.07. The van der Waals surface area contributed by atoms with Crippen LogP contribution in [0.25, 0.3) is 0 Å². The highest BCUT2D eigenvalue weighted by molar-refractivity contribution is 5.92. The van der Waals surface area contributed by atoms with Crippen molar-refractivity contribution in [2.75, 3.05) is 11.9 Å². The van der Waals surface area contributed by atoms with Crippen LogP contribution in [0, 0.1) is 20.8 Å². The number of anilines is 1. The number of aromatic nitrogens is 2. The fourth-order valence-corrected chi connectivity index (χ4v) is 2.54. The largest absolute Gasteiger partial charge is 0.483 e. The number of para-hydroxylation sites is 2. The van der Waals surface area contributed by atoms with Crippen LogP contribution in [0.5, 0.6) is 17.5 Å². The second-order valence-corrected chi connectivity index (χ2v) is 6.07. The minimum atomic E-state index is -0.273. The topological polar surface area (TPSA) is 73.3 Å². The number of ether oxygens (including phenoxy) is 2. The molecule has 0 aliphatic carbocycles. The van der Waals surface area contributed by atoms with Gasteiger partial charge in [-0.15, -0.1) is 0 Å². The van der Waals surface area contributed by atoms with Crippen LogP contribution in [0.15, 0.2) is 54.6 Å². The molecule has 0 spiro atoms. The molecule has 0 saturated carbocycles. The van der Waals surface area contributed by atoms with Gasteiger partial charge in [-0.25, -0.2) is 0 Å². The van der Waals surface area contributed by atoms with Crippen molar-refractivity contribution in [3.05, 3.63) is 71.5 Å². The summed E-state index contributed by atoms with van der Waals surface area (Å²) in [5.41, 5.74) is 2.78. The molecule has 27 heavy (non-hydrogen) atoms. The summed E-state index contributed by atoms with van der Waals surface area (Å²) >= 11 is 0. The van der Waals surface area contributed by atoms with Crippen LogP contribution < -0.4 is 14.8 Å². The van der Waals surface area contributed by atoms with Crippen LogP contribution in [0.4, 0.5) is 5.69 Å². The Hall–Kier alpha value is -3.41. The molecule has 0 aliphatic heterocycles. The third-order valence-corrected chi connectivity index (χ3v) is 3.92. The van der Waals surface area contributed by atoms with E-state index in [4.69, 9.17) is 9.47 Å². The Bertz CT molecular complexity index is 919. The number of hydrogen-bond acceptors (Lipinski definition) is 5. The average Bonchev–Trinajstić information content (AvgIpc) is 2.65. The SMILES string of the molecule is Cc1ccccc1OCC(=O)Nc1c(C)nc(Oc2ccccc2)nc1C. The van der Waals surface area contributed by atoms with E-state index in [0.29, 0.717) is 28.6 Å². The van der Waals surface area contributed by atoms with Crippen molar-refractivity contribution in [2.45, 2.75) is 20.8 Å². The molecule has 1 heterocycles. The molecule has 0 fully saturated rings. The zero-order chi connectivity index (χ0) is 19.2. The summed E-state index contributed by atoms with van der Waals surface area (Å²) in [6, 6.07) is 17.1. The number of carbonyl (C=O) groups is 1. The van der Waals surface area contributed by atoms with E-state index in [1.165, 1.54) is 0 Å². The van der Waals surface area contributed by atoms with Crippen LogP contribution >= 0.6 is 0 Å². The zero-order valence-electron chi connectivity index (χ0n) is 15.5. The van der Waals surface area contributed by atoms with Gasteiger partial charge < -0.3 is 14.8 Å². The molecule has 138 valence electrons. The summed E-state index contributed by atoms with van der Waals surface area (Å²) < 4.78 is 11.2. The van der Waals surface area contributed by atoms with Gasteiger partial charge in [-0.05, 0) is 44.5 Å². The van der Waals surface area contributed by atoms with E-state index in [2.05, 4.69) is 15.3 Å². The van der Waals surface area contributed by atoms with Crippen molar-refractivity contribution < 1.29 is 14.3 Å². The summed E-state index contributed by atoms with van der Waals surface area (Å²) in [5.74, 6) is 1.06. The van der Waals surface area contributed by atoms with Crippen molar-refractivity contribution in [3.63, 3.8) is 0 Å². The van der Waals surface area contributed by atoms with Crippen LogP contribution in [0.3, 0.4) is 0 Å². The number of carbonyl (C=O) groups excluding carboxylic acids is 1. The molecule has 6 heteroatoms. The van der Waals surface area contributed by atoms with Crippen molar-refractivity contribution in [1.29, 1.82) is 0 Å². The minimum absolute atomic E-state index is 0.0913. The summed E-state index contributed by atoms with van der Waals surface area (Å²) in [5, 5.41) is 2.81. The molecule has 3 rings (SSSR count). The van der Waals surface area contributed by atoms with E-state index in [-0.39, 0.29) is 18.5 Å². The lowest BCUT2D eigenvalue weighted by molar-refractivity contribution is -0.118. The Morgan fingerprint density at radius 3 is 2.22 bits per heavy atom. The molecule has 0 saturated heterocycles. The number of nitrogens with one attached hydrogen (secondary N) is 1. The summed E-state index contributed by atoms with van der Waals surface area (Å²) in [4.78, 5) is 20.9. The fourth-order valence-electron chi connectivity index (χ4n) is 2.54. The molecular weight excluding hydrogens is 342 g/mol. The molecule has 0 radical (unpaired) electrons. The summed E-state index contributed by atoms with van der Waals surface area (Å²) in [7, 11) is 0. The monoisotopic (exact) mass is 363 g/mol. The average molecular weight is 363 g/mol. The number of rotatable bonds is 6.